The second kappa shape index (κ2) is 5.48. The zero-order valence-electron chi connectivity index (χ0n) is 11.9. The number of aryl methyl sites for hydroxylation is 1. The lowest BCUT2D eigenvalue weighted by molar-refractivity contribution is 0.562. The van der Waals surface area contributed by atoms with Crippen molar-refractivity contribution in [3.05, 3.63) is 36.5 Å². The summed E-state index contributed by atoms with van der Waals surface area (Å²) < 4.78 is 25.2. The molecule has 6 nitrogen and oxygen atoms in total. The number of hydrogen-bond donors (Lipinski definition) is 1. The third-order valence-electron chi connectivity index (χ3n) is 3.65. The fourth-order valence-corrected chi connectivity index (χ4v) is 4.24. The molecule has 0 aliphatic carbocycles. The van der Waals surface area contributed by atoms with Gasteiger partial charge in [-0.1, -0.05) is 0 Å². The maximum absolute atomic E-state index is 11.6. The molecule has 0 saturated carbocycles. The van der Waals surface area contributed by atoms with E-state index in [-0.39, 0.29) is 11.8 Å². The first-order chi connectivity index (χ1) is 10.0. The van der Waals surface area contributed by atoms with Gasteiger partial charge in [-0.15, -0.1) is 0 Å². The summed E-state index contributed by atoms with van der Waals surface area (Å²) in [6.07, 6.45) is 6.92. The zero-order chi connectivity index (χ0) is 14.9. The van der Waals surface area contributed by atoms with Gasteiger partial charge in [0.05, 0.1) is 23.4 Å². The molecule has 21 heavy (non-hydrogen) atoms. The molecule has 1 unspecified atom stereocenters. The number of rotatable bonds is 3. The van der Waals surface area contributed by atoms with E-state index in [1.165, 1.54) is 0 Å². The van der Waals surface area contributed by atoms with E-state index in [2.05, 4.69) is 15.3 Å². The van der Waals surface area contributed by atoms with Crippen LogP contribution in [-0.2, 0) is 9.84 Å². The highest BCUT2D eigenvalue weighted by Gasteiger charge is 2.24. The van der Waals surface area contributed by atoms with Gasteiger partial charge in [-0.05, 0) is 31.9 Å². The fraction of sp³-hybridized carbons (Fsp3) is 0.429. The van der Waals surface area contributed by atoms with Crippen LogP contribution in [0.2, 0.25) is 0 Å². The summed E-state index contributed by atoms with van der Waals surface area (Å²) in [7, 11) is -2.90. The second-order valence-corrected chi connectivity index (χ2v) is 7.58. The summed E-state index contributed by atoms with van der Waals surface area (Å²) in [6, 6.07) is 3.79. The second-order valence-electron chi connectivity index (χ2n) is 5.35. The molecule has 1 saturated heterocycles. The molecule has 3 heterocycles. The van der Waals surface area contributed by atoms with Gasteiger partial charge in [0, 0.05) is 18.4 Å². The monoisotopic (exact) mass is 306 g/mol. The van der Waals surface area contributed by atoms with E-state index in [0.717, 1.165) is 30.2 Å². The largest absolute Gasteiger partial charge is 0.380 e. The van der Waals surface area contributed by atoms with Crippen LogP contribution in [0.15, 0.2) is 30.7 Å². The van der Waals surface area contributed by atoms with Crippen LogP contribution in [0.4, 0.5) is 5.69 Å². The number of nitrogens with zero attached hydrogens (tertiary/aromatic N) is 3. The van der Waals surface area contributed by atoms with Crippen LogP contribution in [-0.4, -0.2) is 40.5 Å². The molecule has 7 heteroatoms. The molecule has 0 spiro atoms. The first kappa shape index (κ1) is 14.1. The average Bonchev–Trinajstić information content (AvgIpc) is 2.85. The Labute approximate surface area is 124 Å². The van der Waals surface area contributed by atoms with Crippen molar-refractivity contribution < 1.29 is 8.42 Å². The first-order valence-electron chi connectivity index (χ1n) is 6.97. The van der Waals surface area contributed by atoms with Gasteiger partial charge in [0.15, 0.2) is 9.84 Å². The minimum absolute atomic E-state index is 0.0219. The third kappa shape index (κ3) is 3.24. The molecule has 1 N–H and O–H groups in total. The predicted molar refractivity (Wildman–Crippen MR) is 81.4 cm³/mol. The lowest BCUT2D eigenvalue weighted by Crippen LogP contribution is -2.34. The topological polar surface area (TPSA) is 76.9 Å². The molecule has 1 fully saturated rings. The third-order valence-corrected chi connectivity index (χ3v) is 5.48. The standard InChI is InChI=1S/C14H18N4O2S/c1-11-15-6-7-18(11)14-5-4-12(9-16-14)17-13-3-2-8-21(19,20)10-13/h4-7,9,13,17H,2-3,8,10H2,1H3. The van der Waals surface area contributed by atoms with Crippen LogP contribution in [0.5, 0.6) is 0 Å². The Bertz CT molecular complexity index is 722. The van der Waals surface area contributed by atoms with Crippen LogP contribution in [0.3, 0.4) is 0 Å². The number of pyridine rings is 1. The zero-order valence-corrected chi connectivity index (χ0v) is 12.7. The maximum Gasteiger partial charge on any atom is 0.152 e. The summed E-state index contributed by atoms with van der Waals surface area (Å²) in [5.74, 6) is 2.19. The number of anilines is 1. The molecule has 0 amide bonds. The highest BCUT2D eigenvalue weighted by atomic mass is 32.2. The van der Waals surface area contributed by atoms with Gasteiger partial charge in [0.25, 0.3) is 0 Å². The van der Waals surface area contributed by atoms with Crippen LogP contribution in [0.25, 0.3) is 5.82 Å². The molecule has 2 aromatic heterocycles. The molecule has 0 bridgehead atoms. The molecule has 1 atom stereocenters. The van der Waals surface area contributed by atoms with Crippen LogP contribution in [0.1, 0.15) is 18.7 Å². The number of aromatic nitrogens is 3. The SMILES string of the molecule is Cc1nccn1-c1ccc(NC2CCCS(=O)(=O)C2)cn1. The average molecular weight is 306 g/mol. The number of sulfone groups is 1. The van der Waals surface area contributed by atoms with E-state index in [0.29, 0.717) is 5.75 Å². The number of nitrogens with one attached hydrogen (secondary N) is 1. The highest BCUT2D eigenvalue weighted by molar-refractivity contribution is 7.91. The molecule has 112 valence electrons. The van der Waals surface area contributed by atoms with E-state index < -0.39 is 9.84 Å². The Morgan fingerprint density at radius 3 is 2.81 bits per heavy atom. The quantitative estimate of drug-likeness (QED) is 0.931. The van der Waals surface area contributed by atoms with E-state index in [9.17, 15) is 8.42 Å². The molecular weight excluding hydrogens is 288 g/mol. The first-order valence-corrected chi connectivity index (χ1v) is 8.79. The summed E-state index contributed by atoms with van der Waals surface area (Å²) in [5.41, 5.74) is 0.846. The molecule has 0 radical (unpaired) electrons. The Kier molecular flexibility index (Phi) is 3.67. The van der Waals surface area contributed by atoms with Crippen molar-refractivity contribution >= 4 is 15.5 Å². The van der Waals surface area contributed by atoms with Crippen LogP contribution >= 0.6 is 0 Å². The van der Waals surface area contributed by atoms with Gasteiger partial charge < -0.3 is 5.32 Å². The highest BCUT2D eigenvalue weighted by Crippen LogP contribution is 2.18. The van der Waals surface area contributed by atoms with Crippen molar-refractivity contribution in [1.29, 1.82) is 0 Å². The Morgan fingerprint density at radius 2 is 2.19 bits per heavy atom. The molecule has 3 rings (SSSR count). The van der Waals surface area contributed by atoms with Gasteiger partial charge in [-0.25, -0.2) is 18.4 Å². The van der Waals surface area contributed by atoms with Crippen molar-refractivity contribution in [2.75, 3.05) is 16.8 Å². The van der Waals surface area contributed by atoms with E-state index in [1.54, 1.807) is 12.4 Å². The van der Waals surface area contributed by atoms with Gasteiger partial charge in [-0.3, -0.25) is 4.57 Å². The van der Waals surface area contributed by atoms with Crippen molar-refractivity contribution in [2.45, 2.75) is 25.8 Å². The smallest absolute Gasteiger partial charge is 0.152 e. The summed E-state index contributed by atoms with van der Waals surface area (Å²) in [4.78, 5) is 8.56. The lowest BCUT2D eigenvalue weighted by Gasteiger charge is -2.23. The Hall–Kier alpha value is -1.89. The van der Waals surface area contributed by atoms with E-state index >= 15 is 0 Å². The molecule has 1 aliphatic heterocycles. The number of imidazole rings is 1. The summed E-state index contributed by atoms with van der Waals surface area (Å²) in [5, 5.41) is 3.26. The number of hydrogen-bond acceptors (Lipinski definition) is 5. The van der Waals surface area contributed by atoms with Gasteiger partial charge in [0.1, 0.15) is 11.6 Å². The lowest BCUT2D eigenvalue weighted by atomic mass is 10.2. The van der Waals surface area contributed by atoms with Gasteiger partial charge in [0.2, 0.25) is 0 Å². The summed E-state index contributed by atoms with van der Waals surface area (Å²) >= 11 is 0. The normalized spacial score (nSPS) is 21.1. The minimum atomic E-state index is -2.90. The van der Waals surface area contributed by atoms with Crippen molar-refractivity contribution in [1.82, 2.24) is 14.5 Å². The molecule has 0 aromatic carbocycles. The van der Waals surface area contributed by atoms with E-state index in [4.69, 9.17) is 0 Å². The van der Waals surface area contributed by atoms with Gasteiger partial charge in [-0.2, -0.15) is 0 Å². The fourth-order valence-electron chi connectivity index (χ4n) is 2.61. The van der Waals surface area contributed by atoms with Crippen LogP contribution in [0, 0.1) is 6.92 Å². The van der Waals surface area contributed by atoms with Gasteiger partial charge >= 0.3 is 0 Å². The van der Waals surface area contributed by atoms with Crippen LogP contribution < -0.4 is 5.32 Å². The summed E-state index contributed by atoms with van der Waals surface area (Å²) in [6.45, 7) is 1.92. The van der Waals surface area contributed by atoms with Crippen molar-refractivity contribution in [3.8, 4) is 5.82 Å². The maximum atomic E-state index is 11.6. The molecule has 1 aliphatic rings. The van der Waals surface area contributed by atoms with Crippen molar-refractivity contribution in [3.63, 3.8) is 0 Å². The molecule has 2 aromatic rings. The Morgan fingerprint density at radius 1 is 1.33 bits per heavy atom. The van der Waals surface area contributed by atoms with Crippen molar-refractivity contribution in [2.24, 2.45) is 0 Å². The molecular formula is C14H18N4O2S. The minimum Gasteiger partial charge on any atom is -0.380 e. The predicted octanol–water partition coefficient (Wildman–Crippen LogP) is 1.56. The Balaban J connectivity index is 1.72. The van der Waals surface area contributed by atoms with E-state index in [1.807, 2.05) is 29.8 Å².